The van der Waals surface area contributed by atoms with Crippen LogP contribution in [0, 0.1) is 6.92 Å². The molecule has 3 aromatic rings. The number of carbonyl (C=O) groups is 1. The number of ether oxygens (including phenoxy) is 1. The van der Waals surface area contributed by atoms with Crippen molar-refractivity contribution in [3.63, 3.8) is 0 Å². The van der Waals surface area contributed by atoms with Crippen molar-refractivity contribution >= 4 is 46.6 Å². The molecule has 1 N–H and O–H groups in total. The number of hydrogen-bond acceptors (Lipinski definition) is 5. The van der Waals surface area contributed by atoms with Gasteiger partial charge in [0.1, 0.15) is 5.75 Å². The monoisotopic (exact) mass is 464 g/mol. The zero-order chi connectivity index (χ0) is 21.7. The Morgan fingerprint density at radius 1 is 1.23 bits per heavy atom. The lowest BCUT2D eigenvalue weighted by molar-refractivity contribution is -0.113. The second-order valence-corrected chi connectivity index (χ2v) is 8.36. The van der Waals surface area contributed by atoms with Gasteiger partial charge in [0.25, 0.3) is 0 Å². The summed E-state index contributed by atoms with van der Waals surface area (Å²) in [6, 6.07) is 12.7. The molecule has 0 aliphatic heterocycles. The van der Waals surface area contributed by atoms with E-state index in [0.29, 0.717) is 39.0 Å². The third kappa shape index (κ3) is 5.47. The highest BCUT2D eigenvalue weighted by molar-refractivity contribution is 7.99. The van der Waals surface area contributed by atoms with E-state index in [9.17, 15) is 4.79 Å². The topological polar surface area (TPSA) is 69.0 Å². The standard InChI is InChI=1S/C21H22Cl2N4O2S/c1-4-27-20(14(3)29-18-8-6-5-7-16(18)23)25-26-21(27)30-12-19(28)24-17-11-15(22)10-9-13(17)2/h5-11,14H,4,12H2,1-3H3,(H,24,28). The minimum atomic E-state index is -0.352. The second-order valence-electron chi connectivity index (χ2n) is 6.57. The van der Waals surface area contributed by atoms with Crippen molar-refractivity contribution < 1.29 is 9.53 Å². The van der Waals surface area contributed by atoms with Gasteiger partial charge in [-0.3, -0.25) is 4.79 Å². The third-order valence-electron chi connectivity index (χ3n) is 4.37. The lowest BCUT2D eigenvalue weighted by atomic mass is 10.2. The van der Waals surface area contributed by atoms with Gasteiger partial charge in [-0.15, -0.1) is 10.2 Å². The van der Waals surface area contributed by atoms with Gasteiger partial charge in [-0.2, -0.15) is 0 Å². The van der Waals surface area contributed by atoms with Gasteiger partial charge in [0.05, 0.1) is 10.8 Å². The minimum absolute atomic E-state index is 0.141. The van der Waals surface area contributed by atoms with Crippen molar-refractivity contribution in [3.05, 3.63) is 63.9 Å². The quantitative estimate of drug-likeness (QED) is 0.427. The van der Waals surface area contributed by atoms with Crippen molar-refractivity contribution in [2.24, 2.45) is 0 Å². The van der Waals surface area contributed by atoms with Crippen LogP contribution in [-0.2, 0) is 11.3 Å². The molecule has 1 amide bonds. The Bertz CT molecular complexity index is 1040. The summed E-state index contributed by atoms with van der Waals surface area (Å²) in [5.74, 6) is 1.32. The van der Waals surface area contributed by atoms with Crippen LogP contribution >= 0.6 is 35.0 Å². The van der Waals surface area contributed by atoms with E-state index in [1.54, 1.807) is 18.2 Å². The molecule has 1 atom stereocenters. The SMILES string of the molecule is CCn1c(SCC(=O)Nc2cc(Cl)ccc2C)nnc1C(C)Oc1ccccc1Cl. The highest BCUT2D eigenvalue weighted by Gasteiger charge is 2.20. The minimum Gasteiger partial charge on any atom is -0.481 e. The van der Waals surface area contributed by atoms with E-state index in [2.05, 4.69) is 15.5 Å². The fourth-order valence-corrected chi connectivity index (χ4v) is 4.00. The maximum atomic E-state index is 12.4. The molecular weight excluding hydrogens is 443 g/mol. The van der Waals surface area contributed by atoms with Crippen LogP contribution in [0.25, 0.3) is 0 Å². The van der Waals surface area contributed by atoms with E-state index >= 15 is 0 Å². The smallest absolute Gasteiger partial charge is 0.234 e. The Balaban J connectivity index is 1.66. The Hall–Kier alpha value is -2.22. The molecule has 0 bridgehead atoms. The first-order valence-corrected chi connectivity index (χ1v) is 11.2. The molecule has 0 radical (unpaired) electrons. The van der Waals surface area contributed by atoms with Crippen molar-refractivity contribution in [1.29, 1.82) is 0 Å². The summed E-state index contributed by atoms with van der Waals surface area (Å²) < 4.78 is 7.89. The number of aromatic nitrogens is 3. The second kappa shape index (κ2) is 10.2. The highest BCUT2D eigenvalue weighted by Crippen LogP contribution is 2.29. The Morgan fingerprint density at radius 3 is 2.73 bits per heavy atom. The Kier molecular flexibility index (Phi) is 7.64. The molecule has 0 saturated carbocycles. The fraction of sp³-hybridized carbons (Fsp3) is 0.286. The van der Waals surface area contributed by atoms with Crippen LogP contribution < -0.4 is 10.1 Å². The molecule has 0 spiro atoms. The van der Waals surface area contributed by atoms with Gasteiger partial charge in [0, 0.05) is 17.3 Å². The fourth-order valence-electron chi connectivity index (χ4n) is 2.83. The summed E-state index contributed by atoms with van der Waals surface area (Å²) in [6.07, 6.45) is -0.352. The highest BCUT2D eigenvalue weighted by atomic mass is 35.5. The molecule has 0 aliphatic carbocycles. The number of aryl methyl sites for hydroxylation is 1. The molecule has 0 fully saturated rings. The van der Waals surface area contributed by atoms with Crippen LogP contribution in [-0.4, -0.2) is 26.4 Å². The largest absolute Gasteiger partial charge is 0.481 e. The Morgan fingerprint density at radius 2 is 2.00 bits per heavy atom. The predicted octanol–water partition coefficient (Wildman–Crippen LogP) is 5.78. The van der Waals surface area contributed by atoms with Crippen LogP contribution in [0.2, 0.25) is 10.0 Å². The van der Waals surface area contributed by atoms with Gasteiger partial charge in [-0.05, 0) is 50.6 Å². The molecule has 0 aliphatic rings. The van der Waals surface area contributed by atoms with Gasteiger partial charge in [0.2, 0.25) is 5.91 Å². The normalized spacial score (nSPS) is 11.9. The molecule has 158 valence electrons. The van der Waals surface area contributed by atoms with Gasteiger partial charge in [0.15, 0.2) is 17.1 Å². The molecule has 1 unspecified atom stereocenters. The molecule has 30 heavy (non-hydrogen) atoms. The number of carbonyl (C=O) groups excluding carboxylic acids is 1. The van der Waals surface area contributed by atoms with Gasteiger partial charge in [-0.25, -0.2) is 0 Å². The zero-order valence-corrected chi connectivity index (χ0v) is 19.2. The zero-order valence-electron chi connectivity index (χ0n) is 16.9. The van der Waals surface area contributed by atoms with E-state index in [1.807, 2.05) is 49.6 Å². The number of hydrogen-bond donors (Lipinski definition) is 1. The number of nitrogens with zero attached hydrogens (tertiary/aromatic N) is 3. The van der Waals surface area contributed by atoms with Crippen LogP contribution in [0.1, 0.15) is 31.3 Å². The van der Waals surface area contributed by atoms with Crippen LogP contribution in [0.5, 0.6) is 5.75 Å². The first kappa shape index (κ1) is 22.5. The average molecular weight is 465 g/mol. The van der Waals surface area contributed by atoms with Crippen LogP contribution in [0.4, 0.5) is 5.69 Å². The van der Waals surface area contributed by atoms with E-state index < -0.39 is 0 Å². The van der Waals surface area contributed by atoms with E-state index in [4.69, 9.17) is 27.9 Å². The van der Waals surface area contributed by atoms with E-state index in [1.165, 1.54) is 11.8 Å². The number of amides is 1. The number of anilines is 1. The molecule has 0 saturated heterocycles. The molecule has 1 heterocycles. The summed E-state index contributed by atoms with van der Waals surface area (Å²) in [7, 11) is 0. The predicted molar refractivity (Wildman–Crippen MR) is 122 cm³/mol. The summed E-state index contributed by atoms with van der Waals surface area (Å²) in [6.45, 7) is 6.45. The molecule has 2 aromatic carbocycles. The maximum Gasteiger partial charge on any atom is 0.234 e. The van der Waals surface area contributed by atoms with E-state index in [-0.39, 0.29) is 17.8 Å². The van der Waals surface area contributed by atoms with Crippen LogP contribution in [0.15, 0.2) is 47.6 Å². The maximum absolute atomic E-state index is 12.4. The lowest BCUT2D eigenvalue weighted by Crippen LogP contribution is -2.16. The molecule has 6 nitrogen and oxygen atoms in total. The number of para-hydroxylation sites is 1. The third-order valence-corrected chi connectivity index (χ3v) is 5.89. The summed E-state index contributed by atoms with van der Waals surface area (Å²) in [4.78, 5) is 12.4. The summed E-state index contributed by atoms with van der Waals surface area (Å²) in [5.41, 5.74) is 1.65. The molecular formula is C21H22Cl2N4O2S. The summed E-state index contributed by atoms with van der Waals surface area (Å²) >= 11 is 13.5. The number of halogens is 2. The first-order valence-electron chi connectivity index (χ1n) is 9.42. The number of nitrogens with one attached hydrogen (secondary N) is 1. The average Bonchev–Trinajstić information content (AvgIpc) is 3.14. The molecule has 1 aromatic heterocycles. The van der Waals surface area contributed by atoms with Crippen LogP contribution in [0.3, 0.4) is 0 Å². The molecule has 3 rings (SSSR count). The van der Waals surface area contributed by atoms with Crippen molar-refractivity contribution in [2.75, 3.05) is 11.1 Å². The number of thioether (sulfide) groups is 1. The molecule has 9 heteroatoms. The summed E-state index contributed by atoms with van der Waals surface area (Å²) in [5, 5.41) is 13.2. The van der Waals surface area contributed by atoms with Crippen molar-refractivity contribution in [2.45, 2.75) is 38.6 Å². The Labute approximate surface area is 189 Å². The van der Waals surface area contributed by atoms with Crippen molar-refractivity contribution in [3.8, 4) is 5.75 Å². The van der Waals surface area contributed by atoms with E-state index in [0.717, 1.165) is 5.56 Å². The van der Waals surface area contributed by atoms with Crippen molar-refractivity contribution in [1.82, 2.24) is 14.8 Å². The van der Waals surface area contributed by atoms with Gasteiger partial charge >= 0.3 is 0 Å². The van der Waals surface area contributed by atoms with Gasteiger partial charge in [-0.1, -0.05) is 53.2 Å². The first-order chi connectivity index (χ1) is 14.4. The van der Waals surface area contributed by atoms with Gasteiger partial charge < -0.3 is 14.6 Å². The number of rotatable bonds is 8. The lowest BCUT2D eigenvalue weighted by Gasteiger charge is -2.16. The number of benzene rings is 2.